The third-order valence-electron chi connectivity index (χ3n) is 4.17. The van der Waals surface area contributed by atoms with Crippen LogP contribution in [0.2, 0.25) is 0 Å². The number of amides is 1. The molecule has 3 rings (SSSR count). The summed E-state index contributed by atoms with van der Waals surface area (Å²) in [5, 5.41) is 4.19. The van der Waals surface area contributed by atoms with Crippen molar-refractivity contribution < 1.29 is 9.63 Å². The van der Waals surface area contributed by atoms with Crippen LogP contribution < -0.4 is 0 Å². The van der Waals surface area contributed by atoms with Crippen LogP contribution in [0.4, 0.5) is 0 Å². The molecule has 2 heterocycles. The zero-order chi connectivity index (χ0) is 17.6. The molecule has 0 bridgehead atoms. The van der Waals surface area contributed by atoms with Crippen LogP contribution in [0.1, 0.15) is 31.4 Å². The van der Waals surface area contributed by atoms with Gasteiger partial charge in [0.25, 0.3) is 0 Å². The molecule has 1 atom stereocenters. The van der Waals surface area contributed by atoms with Crippen molar-refractivity contribution in [3.63, 3.8) is 0 Å². The van der Waals surface area contributed by atoms with Gasteiger partial charge in [-0.1, -0.05) is 49.3 Å². The molecule has 1 aliphatic heterocycles. The van der Waals surface area contributed by atoms with Gasteiger partial charge >= 0.3 is 0 Å². The Labute approximate surface area is 148 Å². The van der Waals surface area contributed by atoms with E-state index in [1.807, 2.05) is 61.2 Å². The Morgan fingerprint density at radius 3 is 2.72 bits per heavy atom. The third kappa shape index (κ3) is 4.44. The van der Waals surface area contributed by atoms with Crippen LogP contribution in [0, 0.1) is 5.92 Å². The lowest BCUT2D eigenvalue weighted by molar-refractivity contribution is -0.136. The summed E-state index contributed by atoms with van der Waals surface area (Å²) in [6.07, 6.45) is 4.08. The van der Waals surface area contributed by atoms with Gasteiger partial charge in [0.15, 0.2) is 6.10 Å². The number of aromatic nitrogens is 1. The van der Waals surface area contributed by atoms with Gasteiger partial charge in [-0.15, -0.1) is 0 Å². The largest absolute Gasteiger partial charge is 0.390 e. The molecule has 130 valence electrons. The Kier molecular flexibility index (Phi) is 5.43. The van der Waals surface area contributed by atoms with Crippen molar-refractivity contribution in [2.75, 3.05) is 6.54 Å². The molecule has 0 aliphatic carbocycles. The van der Waals surface area contributed by atoms with Crippen LogP contribution in [0.5, 0.6) is 0 Å². The first-order chi connectivity index (χ1) is 12.1. The van der Waals surface area contributed by atoms with Crippen molar-refractivity contribution >= 4 is 11.6 Å². The Balaban J connectivity index is 1.66. The highest BCUT2D eigenvalue weighted by Crippen LogP contribution is 2.19. The van der Waals surface area contributed by atoms with Crippen LogP contribution >= 0.6 is 0 Å². The lowest BCUT2D eigenvalue weighted by atomic mass is 10.1. The Morgan fingerprint density at radius 2 is 2.04 bits per heavy atom. The first-order valence-corrected chi connectivity index (χ1v) is 8.59. The van der Waals surface area contributed by atoms with Crippen LogP contribution in [0.3, 0.4) is 0 Å². The fourth-order valence-corrected chi connectivity index (χ4v) is 2.88. The maximum Gasteiger partial charge on any atom is 0.225 e. The minimum atomic E-state index is -0.124. The number of carbonyl (C=O) groups is 1. The summed E-state index contributed by atoms with van der Waals surface area (Å²) >= 11 is 0. The van der Waals surface area contributed by atoms with Crippen LogP contribution in [0.25, 0.3) is 0 Å². The van der Waals surface area contributed by atoms with E-state index in [1.165, 1.54) is 0 Å². The number of nitrogens with zero attached hydrogens (tertiary/aromatic N) is 3. The minimum Gasteiger partial charge on any atom is -0.390 e. The second-order valence-corrected chi connectivity index (χ2v) is 6.57. The van der Waals surface area contributed by atoms with E-state index in [4.69, 9.17) is 4.84 Å². The molecule has 0 fully saturated rings. The van der Waals surface area contributed by atoms with Gasteiger partial charge in [0.05, 0.1) is 12.3 Å². The maximum atomic E-state index is 12.6. The number of rotatable bonds is 6. The molecule has 1 amide bonds. The number of pyridine rings is 1. The smallest absolute Gasteiger partial charge is 0.225 e. The summed E-state index contributed by atoms with van der Waals surface area (Å²) in [7, 11) is 0. The summed E-state index contributed by atoms with van der Waals surface area (Å²) in [5.41, 5.74) is 2.97. The number of oxime groups is 1. The van der Waals surface area contributed by atoms with Gasteiger partial charge in [0.2, 0.25) is 5.91 Å². The number of hydrogen-bond acceptors (Lipinski definition) is 4. The maximum absolute atomic E-state index is 12.6. The van der Waals surface area contributed by atoms with Crippen molar-refractivity contribution in [3.05, 3.63) is 66.0 Å². The molecule has 5 heteroatoms. The SMILES string of the molecule is CC(C)C(=O)N(Cc1ccccc1)C[C@H]1CC(c2cccnc2)=NO1. The molecule has 2 aromatic rings. The fraction of sp³-hybridized carbons (Fsp3) is 0.350. The first-order valence-electron chi connectivity index (χ1n) is 8.59. The summed E-state index contributed by atoms with van der Waals surface area (Å²) < 4.78 is 0. The van der Waals surface area contributed by atoms with E-state index in [1.54, 1.807) is 12.4 Å². The molecule has 1 aliphatic rings. The normalized spacial score (nSPS) is 16.4. The van der Waals surface area contributed by atoms with E-state index in [0.717, 1.165) is 16.8 Å². The monoisotopic (exact) mass is 337 g/mol. The standard InChI is InChI=1S/C20H23N3O2/c1-15(2)20(24)23(13-16-7-4-3-5-8-16)14-18-11-19(22-25-18)17-9-6-10-21-12-17/h3-10,12,15,18H,11,13-14H2,1-2H3/t18-/m1/s1. The molecule has 0 spiro atoms. The van der Waals surface area contributed by atoms with Gasteiger partial charge in [0.1, 0.15) is 0 Å². The Morgan fingerprint density at radius 1 is 1.24 bits per heavy atom. The van der Waals surface area contributed by atoms with E-state index in [2.05, 4.69) is 10.1 Å². The van der Waals surface area contributed by atoms with Gasteiger partial charge in [-0.2, -0.15) is 0 Å². The van der Waals surface area contributed by atoms with Crippen molar-refractivity contribution in [2.45, 2.75) is 32.9 Å². The van der Waals surface area contributed by atoms with Gasteiger partial charge in [0, 0.05) is 36.8 Å². The lowest BCUT2D eigenvalue weighted by Gasteiger charge is -2.26. The summed E-state index contributed by atoms with van der Waals surface area (Å²) in [6.45, 7) is 4.96. The Bertz CT molecular complexity index is 729. The molecular formula is C20H23N3O2. The molecule has 0 unspecified atom stereocenters. The average Bonchev–Trinajstić information content (AvgIpc) is 3.11. The molecule has 0 saturated heterocycles. The highest BCUT2D eigenvalue weighted by molar-refractivity contribution is 6.01. The van der Waals surface area contributed by atoms with E-state index in [0.29, 0.717) is 19.5 Å². The average molecular weight is 337 g/mol. The third-order valence-corrected chi connectivity index (χ3v) is 4.17. The topological polar surface area (TPSA) is 54.8 Å². The molecule has 1 aromatic carbocycles. The number of benzene rings is 1. The summed E-state index contributed by atoms with van der Waals surface area (Å²) in [5.74, 6) is 0.0751. The van der Waals surface area contributed by atoms with Crippen molar-refractivity contribution in [1.29, 1.82) is 0 Å². The molecule has 25 heavy (non-hydrogen) atoms. The van der Waals surface area contributed by atoms with E-state index in [-0.39, 0.29) is 17.9 Å². The highest BCUT2D eigenvalue weighted by atomic mass is 16.6. The van der Waals surface area contributed by atoms with E-state index < -0.39 is 0 Å². The second-order valence-electron chi connectivity index (χ2n) is 6.57. The molecule has 1 aromatic heterocycles. The molecule has 5 nitrogen and oxygen atoms in total. The lowest BCUT2D eigenvalue weighted by Crippen LogP contribution is -2.39. The van der Waals surface area contributed by atoms with Crippen LogP contribution in [0.15, 0.2) is 60.0 Å². The Hall–Kier alpha value is -2.69. The van der Waals surface area contributed by atoms with Gasteiger partial charge in [-0.25, -0.2) is 0 Å². The highest BCUT2D eigenvalue weighted by Gasteiger charge is 2.27. The molecule has 0 N–H and O–H groups in total. The predicted molar refractivity (Wildman–Crippen MR) is 97.0 cm³/mol. The molecule has 0 radical (unpaired) electrons. The van der Waals surface area contributed by atoms with E-state index in [9.17, 15) is 4.79 Å². The summed E-state index contributed by atoms with van der Waals surface area (Å²) in [6, 6.07) is 13.9. The molecule has 0 saturated carbocycles. The van der Waals surface area contributed by atoms with E-state index >= 15 is 0 Å². The number of carbonyl (C=O) groups excluding carboxylic acids is 1. The van der Waals surface area contributed by atoms with Gasteiger partial charge < -0.3 is 9.74 Å². The van der Waals surface area contributed by atoms with Crippen molar-refractivity contribution in [2.24, 2.45) is 11.1 Å². The van der Waals surface area contributed by atoms with Gasteiger partial charge in [-0.05, 0) is 17.7 Å². The fourth-order valence-electron chi connectivity index (χ4n) is 2.88. The minimum absolute atomic E-state index is 0.0520. The van der Waals surface area contributed by atoms with Crippen molar-refractivity contribution in [1.82, 2.24) is 9.88 Å². The predicted octanol–water partition coefficient (Wildman–Crippen LogP) is 3.26. The zero-order valence-electron chi connectivity index (χ0n) is 14.6. The number of hydrogen-bond donors (Lipinski definition) is 0. The quantitative estimate of drug-likeness (QED) is 0.813. The second kappa shape index (κ2) is 7.92. The van der Waals surface area contributed by atoms with Crippen LogP contribution in [-0.4, -0.2) is 34.2 Å². The van der Waals surface area contributed by atoms with Gasteiger partial charge in [-0.3, -0.25) is 9.78 Å². The van der Waals surface area contributed by atoms with Crippen molar-refractivity contribution in [3.8, 4) is 0 Å². The molecular weight excluding hydrogens is 314 g/mol. The summed E-state index contributed by atoms with van der Waals surface area (Å²) in [4.78, 5) is 24.2. The van der Waals surface area contributed by atoms with Crippen LogP contribution in [-0.2, 0) is 16.2 Å². The zero-order valence-corrected chi connectivity index (χ0v) is 14.6. The first kappa shape index (κ1) is 17.1.